The molecule has 0 spiro atoms. The van der Waals surface area contributed by atoms with Crippen LogP contribution in [0.3, 0.4) is 0 Å². The van der Waals surface area contributed by atoms with Crippen molar-refractivity contribution in [3.8, 4) is 11.1 Å². The van der Waals surface area contributed by atoms with Gasteiger partial charge in [-0.2, -0.15) is 0 Å². The van der Waals surface area contributed by atoms with Crippen molar-refractivity contribution in [2.75, 3.05) is 0 Å². The van der Waals surface area contributed by atoms with Crippen molar-refractivity contribution in [3.63, 3.8) is 0 Å². The Hall–Kier alpha value is -0.357. The zero-order valence-corrected chi connectivity index (χ0v) is 19.8. The second-order valence-electron chi connectivity index (χ2n) is 6.79. The zero-order valence-electron chi connectivity index (χ0n) is 15.8. The molecule has 26 heavy (non-hydrogen) atoms. The van der Waals surface area contributed by atoms with Gasteiger partial charge in [-0.3, -0.25) is 0 Å². The van der Waals surface area contributed by atoms with Crippen molar-refractivity contribution in [2.24, 2.45) is 0 Å². The van der Waals surface area contributed by atoms with E-state index >= 15 is 0 Å². The van der Waals surface area contributed by atoms with E-state index in [4.69, 9.17) is 17.0 Å². The van der Waals surface area contributed by atoms with E-state index in [2.05, 4.69) is 62.4 Å². The van der Waals surface area contributed by atoms with Crippen LogP contribution in [0.15, 0.2) is 48.0 Å². The summed E-state index contributed by atoms with van der Waals surface area (Å²) in [5.41, 5.74) is 8.71. The van der Waals surface area contributed by atoms with E-state index in [0.717, 1.165) is 12.8 Å². The van der Waals surface area contributed by atoms with Crippen molar-refractivity contribution in [1.29, 1.82) is 0 Å². The predicted molar refractivity (Wildman–Crippen MR) is 113 cm³/mol. The van der Waals surface area contributed by atoms with Crippen LogP contribution in [0.5, 0.6) is 0 Å². The molecule has 2 aromatic rings. The number of rotatable bonds is 7. The number of unbranched alkanes of at least 4 members (excludes halogenated alkanes) is 3. The first-order chi connectivity index (χ1) is 12.7. The average Bonchev–Trinajstić information content (AvgIpc) is 3.10. The van der Waals surface area contributed by atoms with Gasteiger partial charge in [-0.1, -0.05) is 87.2 Å². The van der Waals surface area contributed by atoms with Gasteiger partial charge in [0.2, 0.25) is 0 Å². The summed E-state index contributed by atoms with van der Waals surface area (Å²) in [6.07, 6.45) is 11.3. The molecular weight excluding hydrogens is 438 g/mol. The summed E-state index contributed by atoms with van der Waals surface area (Å²) in [4.78, 5) is 0. The third-order valence-electron chi connectivity index (χ3n) is 5.00. The molecule has 0 aromatic heterocycles. The molecule has 0 heterocycles. The summed E-state index contributed by atoms with van der Waals surface area (Å²) >= 11 is -0.826. The van der Waals surface area contributed by atoms with Gasteiger partial charge < -0.3 is 0 Å². The quantitative estimate of drug-likeness (QED) is 0.361. The van der Waals surface area contributed by atoms with E-state index < -0.39 is 20.8 Å². The van der Waals surface area contributed by atoms with Crippen LogP contribution in [0.1, 0.15) is 62.6 Å². The number of hydrogen-bond acceptors (Lipinski definition) is 0. The summed E-state index contributed by atoms with van der Waals surface area (Å²) in [5, 5.41) is 0. The van der Waals surface area contributed by atoms with E-state index in [1.807, 2.05) is 0 Å². The van der Waals surface area contributed by atoms with Crippen LogP contribution in [0.4, 0.5) is 0 Å². The van der Waals surface area contributed by atoms with Gasteiger partial charge in [0.15, 0.2) is 0 Å². The SMILES string of the molecule is CCCCCCc1ccc(-c2cccc3c2C=C(CC)C3)cc1.[Cl][Zr][Cl]. The maximum absolute atomic E-state index is 4.93. The predicted octanol–water partition coefficient (Wildman–Crippen LogP) is 8.20. The van der Waals surface area contributed by atoms with Gasteiger partial charge in [-0.05, 0) is 53.5 Å². The summed E-state index contributed by atoms with van der Waals surface area (Å²) in [5.74, 6) is 0. The molecule has 0 fully saturated rings. The van der Waals surface area contributed by atoms with Crippen molar-refractivity contribution in [2.45, 2.75) is 58.8 Å². The molecule has 0 bridgehead atoms. The Morgan fingerprint density at radius 3 is 2.31 bits per heavy atom. The number of fused-ring (bicyclic) bond motifs is 1. The second kappa shape index (κ2) is 12.2. The van der Waals surface area contributed by atoms with Crippen molar-refractivity contribution >= 4 is 23.1 Å². The normalized spacial score (nSPS) is 12.1. The molecule has 0 amide bonds. The fourth-order valence-electron chi connectivity index (χ4n) is 3.52. The van der Waals surface area contributed by atoms with Gasteiger partial charge in [0, 0.05) is 0 Å². The van der Waals surface area contributed by atoms with Crippen LogP contribution in [0.2, 0.25) is 0 Å². The molecule has 0 N–H and O–H groups in total. The van der Waals surface area contributed by atoms with Crippen LogP contribution >= 0.6 is 17.0 Å². The van der Waals surface area contributed by atoms with Crippen LogP contribution in [-0.2, 0) is 33.7 Å². The topological polar surface area (TPSA) is 0 Å². The number of benzene rings is 2. The minimum absolute atomic E-state index is 0.826. The molecule has 3 rings (SSSR count). The average molecular weight is 467 g/mol. The molecule has 3 heteroatoms. The monoisotopic (exact) mass is 464 g/mol. The third kappa shape index (κ3) is 6.36. The second-order valence-corrected chi connectivity index (χ2v) is 10.5. The fourth-order valence-corrected chi connectivity index (χ4v) is 3.52. The van der Waals surface area contributed by atoms with Crippen molar-refractivity contribution in [1.82, 2.24) is 0 Å². The molecule has 1 aliphatic carbocycles. The van der Waals surface area contributed by atoms with Gasteiger partial charge in [0.25, 0.3) is 0 Å². The first-order valence-corrected chi connectivity index (χ1v) is 15.9. The fraction of sp³-hybridized carbons (Fsp3) is 0.391. The minimum atomic E-state index is -0.826. The van der Waals surface area contributed by atoms with Gasteiger partial charge >= 0.3 is 37.9 Å². The van der Waals surface area contributed by atoms with E-state index in [9.17, 15) is 0 Å². The molecule has 0 unspecified atom stereocenters. The Morgan fingerprint density at radius 2 is 1.65 bits per heavy atom. The Labute approximate surface area is 177 Å². The molecular formula is C23H28Cl2Zr. The van der Waals surface area contributed by atoms with Crippen LogP contribution in [-0.4, -0.2) is 0 Å². The molecule has 0 radical (unpaired) electrons. The van der Waals surface area contributed by atoms with Crippen LogP contribution in [0.25, 0.3) is 17.2 Å². The number of aryl methyl sites for hydroxylation is 1. The molecule has 2 aromatic carbocycles. The molecule has 1 aliphatic rings. The van der Waals surface area contributed by atoms with Crippen LogP contribution in [0, 0.1) is 0 Å². The summed E-state index contributed by atoms with van der Waals surface area (Å²) in [6.45, 7) is 4.52. The zero-order chi connectivity index (χ0) is 18.8. The molecule has 0 atom stereocenters. The van der Waals surface area contributed by atoms with Gasteiger partial charge in [-0.25, -0.2) is 0 Å². The Morgan fingerprint density at radius 1 is 0.923 bits per heavy atom. The summed E-state index contributed by atoms with van der Waals surface area (Å²) in [6, 6.07) is 16.0. The molecule has 0 nitrogen and oxygen atoms in total. The molecule has 0 aliphatic heterocycles. The van der Waals surface area contributed by atoms with E-state index in [0.29, 0.717) is 0 Å². The Bertz CT molecular complexity index is 705. The first kappa shape index (κ1) is 21.9. The standard InChI is InChI=1S/C23H28.2ClH.Zr/c1-3-5-6-7-9-19-12-14-20(15-13-19)22-11-8-10-21-16-18(4-2)17-23(21)22;;;/h8,10-15,17H,3-7,9,16H2,1-2H3;2*1H;/q;;;+2/p-2. The third-order valence-corrected chi connectivity index (χ3v) is 5.00. The molecule has 0 saturated heterocycles. The van der Waals surface area contributed by atoms with Gasteiger partial charge in [0.05, 0.1) is 0 Å². The molecule has 138 valence electrons. The summed E-state index contributed by atoms with van der Waals surface area (Å²) in [7, 11) is 9.87. The van der Waals surface area contributed by atoms with Gasteiger partial charge in [-0.15, -0.1) is 0 Å². The van der Waals surface area contributed by atoms with Gasteiger partial charge in [0.1, 0.15) is 0 Å². The maximum atomic E-state index is 4.93. The Balaban J connectivity index is 0.000000758. The van der Waals surface area contributed by atoms with E-state index in [1.165, 1.54) is 59.9 Å². The summed E-state index contributed by atoms with van der Waals surface area (Å²) < 4.78 is 0. The Kier molecular flexibility index (Phi) is 10.3. The first-order valence-electron chi connectivity index (χ1n) is 9.60. The number of allylic oxidation sites excluding steroid dienone is 1. The van der Waals surface area contributed by atoms with E-state index in [-0.39, 0.29) is 0 Å². The van der Waals surface area contributed by atoms with E-state index in [1.54, 1.807) is 5.57 Å². The molecule has 0 saturated carbocycles. The van der Waals surface area contributed by atoms with Crippen molar-refractivity contribution in [3.05, 3.63) is 64.7 Å². The number of halogens is 2. The van der Waals surface area contributed by atoms with Crippen molar-refractivity contribution < 1.29 is 20.8 Å². The van der Waals surface area contributed by atoms with Crippen LogP contribution < -0.4 is 0 Å². The number of hydrogen-bond donors (Lipinski definition) is 0.